The molecule has 3 heterocycles. The van der Waals surface area contributed by atoms with Gasteiger partial charge in [-0.05, 0) is 30.9 Å². The summed E-state index contributed by atoms with van der Waals surface area (Å²) in [6, 6.07) is 3.79. The minimum Gasteiger partial charge on any atom is -0.375 e. The lowest BCUT2D eigenvalue weighted by Crippen LogP contribution is -2.48. The number of piperidine rings is 1. The molecule has 0 aliphatic carbocycles. The van der Waals surface area contributed by atoms with Crippen LogP contribution in [0, 0.1) is 5.41 Å². The van der Waals surface area contributed by atoms with Gasteiger partial charge < -0.3 is 14.5 Å². The first kappa shape index (κ1) is 16.9. The number of likely N-dealkylation sites (tertiary alicyclic amines) is 2. The molecule has 0 N–H and O–H groups in total. The molecule has 2 saturated heterocycles. The number of amides is 2. The lowest BCUT2D eigenvalue weighted by Gasteiger charge is -2.40. The van der Waals surface area contributed by atoms with Crippen LogP contribution in [0.3, 0.4) is 0 Å². The Hall–Kier alpha value is -1.95. The van der Waals surface area contributed by atoms with Crippen molar-refractivity contribution in [1.82, 2.24) is 14.8 Å². The molecule has 6 nitrogen and oxygen atoms in total. The first-order valence-electron chi connectivity index (χ1n) is 8.55. The molecule has 0 aromatic carbocycles. The average molecular weight is 331 g/mol. The van der Waals surface area contributed by atoms with Gasteiger partial charge in [0.25, 0.3) is 0 Å². The molecule has 24 heavy (non-hydrogen) atoms. The molecule has 6 heteroatoms. The van der Waals surface area contributed by atoms with Gasteiger partial charge in [0.1, 0.15) is 6.61 Å². The van der Waals surface area contributed by atoms with Crippen molar-refractivity contribution in [2.75, 3.05) is 39.9 Å². The zero-order chi connectivity index (χ0) is 17.0. The zero-order valence-corrected chi connectivity index (χ0v) is 14.2. The Bertz CT molecular complexity index is 592. The average Bonchev–Trinajstić information content (AvgIpc) is 2.99. The normalized spacial score (nSPS) is 23.7. The fourth-order valence-electron chi connectivity index (χ4n) is 3.91. The van der Waals surface area contributed by atoms with E-state index in [9.17, 15) is 9.59 Å². The first-order valence-corrected chi connectivity index (χ1v) is 8.55. The SMILES string of the molecule is COCC(=O)N1CC[C@]2(CCCN(C(=O)Cc3cccnc3)C2)C1. The van der Waals surface area contributed by atoms with E-state index in [0.717, 1.165) is 51.0 Å². The smallest absolute Gasteiger partial charge is 0.248 e. The second-order valence-electron chi connectivity index (χ2n) is 6.96. The molecule has 130 valence electrons. The quantitative estimate of drug-likeness (QED) is 0.829. The van der Waals surface area contributed by atoms with Gasteiger partial charge >= 0.3 is 0 Å². The second-order valence-corrected chi connectivity index (χ2v) is 6.96. The molecule has 1 aromatic rings. The van der Waals surface area contributed by atoms with Crippen molar-refractivity contribution in [3.63, 3.8) is 0 Å². The Morgan fingerprint density at radius 2 is 2.00 bits per heavy atom. The number of rotatable bonds is 4. The van der Waals surface area contributed by atoms with Crippen LogP contribution in [-0.4, -0.2) is 66.5 Å². The van der Waals surface area contributed by atoms with Crippen LogP contribution in [0.4, 0.5) is 0 Å². The van der Waals surface area contributed by atoms with Crippen molar-refractivity contribution in [2.24, 2.45) is 5.41 Å². The van der Waals surface area contributed by atoms with E-state index in [-0.39, 0.29) is 23.8 Å². The fourth-order valence-corrected chi connectivity index (χ4v) is 3.91. The van der Waals surface area contributed by atoms with E-state index >= 15 is 0 Å². The summed E-state index contributed by atoms with van der Waals surface area (Å²) >= 11 is 0. The summed E-state index contributed by atoms with van der Waals surface area (Å²) in [5.74, 6) is 0.205. The van der Waals surface area contributed by atoms with Crippen molar-refractivity contribution < 1.29 is 14.3 Å². The highest BCUT2D eigenvalue weighted by molar-refractivity contribution is 5.79. The molecule has 1 spiro atoms. The number of methoxy groups -OCH3 is 1. The van der Waals surface area contributed by atoms with Crippen LogP contribution in [-0.2, 0) is 20.7 Å². The van der Waals surface area contributed by atoms with Gasteiger partial charge in [0, 0.05) is 51.1 Å². The summed E-state index contributed by atoms with van der Waals surface area (Å²) in [5, 5.41) is 0. The van der Waals surface area contributed by atoms with Crippen molar-refractivity contribution >= 4 is 11.8 Å². The lowest BCUT2D eigenvalue weighted by molar-refractivity contribution is -0.135. The fraction of sp³-hybridized carbons (Fsp3) is 0.611. The van der Waals surface area contributed by atoms with Crippen LogP contribution in [0.5, 0.6) is 0 Å². The number of aromatic nitrogens is 1. The van der Waals surface area contributed by atoms with Gasteiger partial charge in [-0.3, -0.25) is 14.6 Å². The van der Waals surface area contributed by atoms with E-state index < -0.39 is 0 Å². The summed E-state index contributed by atoms with van der Waals surface area (Å²) in [6.45, 7) is 3.22. The predicted molar refractivity (Wildman–Crippen MR) is 89.3 cm³/mol. The van der Waals surface area contributed by atoms with E-state index in [1.807, 2.05) is 21.9 Å². The summed E-state index contributed by atoms with van der Waals surface area (Å²) in [4.78, 5) is 32.6. The number of carbonyl (C=O) groups excluding carboxylic acids is 2. The Morgan fingerprint density at radius 3 is 2.71 bits per heavy atom. The molecular weight excluding hydrogens is 306 g/mol. The highest BCUT2D eigenvalue weighted by Crippen LogP contribution is 2.39. The third-order valence-electron chi connectivity index (χ3n) is 5.15. The number of nitrogens with zero attached hydrogens (tertiary/aromatic N) is 3. The number of ether oxygens (including phenoxy) is 1. The molecule has 1 aromatic heterocycles. The molecule has 2 aliphatic rings. The standard InChI is InChI=1S/C18H25N3O3/c1-24-12-17(23)21-9-6-18(14-21)5-3-8-20(13-18)16(22)10-15-4-2-7-19-11-15/h2,4,7,11H,3,5-6,8-10,12-14H2,1H3/t18-/m0/s1. The van der Waals surface area contributed by atoms with Crippen LogP contribution in [0.15, 0.2) is 24.5 Å². The van der Waals surface area contributed by atoms with Crippen LogP contribution < -0.4 is 0 Å². The maximum Gasteiger partial charge on any atom is 0.248 e. The van der Waals surface area contributed by atoms with Gasteiger partial charge in [-0.1, -0.05) is 6.07 Å². The summed E-state index contributed by atoms with van der Waals surface area (Å²) in [5.41, 5.74) is 1.01. The van der Waals surface area contributed by atoms with E-state index in [1.54, 1.807) is 19.5 Å². The molecular formula is C18H25N3O3. The number of hydrogen-bond donors (Lipinski definition) is 0. The molecule has 2 amide bonds. The highest BCUT2D eigenvalue weighted by Gasteiger charge is 2.43. The third-order valence-corrected chi connectivity index (χ3v) is 5.15. The maximum absolute atomic E-state index is 12.6. The molecule has 1 atom stereocenters. The molecule has 3 rings (SSSR count). The Labute approximate surface area is 142 Å². The third kappa shape index (κ3) is 3.75. The van der Waals surface area contributed by atoms with Crippen LogP contribution in [0.2, 0.25) is 0 Å². The Balaban J connectivity index is 1.60. The first-order chi connectivity index (χ1) is 11.6. The van der Waals surface area contributed by atoms with Crippen LogP contribution >= 0.6 is 0 Å². The van der Waals surface area contributed by atoms with Crippen molar-refractivity contribution in [3.05, 3.63) is 30.1 Å². The van der Waals surface area contributed by atoms with Gasteiger partial charge in [-0.25, -0.2) is 0 Å². The molecule has 0 unspecified atom stereocenters. The molecule has 0 bridgehead atoms. The van der Waals surface area contributed by atoms with E-state index in [0.29, 0.717) is 6.42 Å². The van der Waals surface area contributed by atoms with Crippen molar-refractivity contribution in [1.29, 1.82) is 0 Å². The van der Waals surface area contributed by atoms with E-state index in [1.165, 1.54) is 0 Å². The number of carbonyl (C=O) groups is 2. The van der Waals surface area contributed by atoms with Gasteiger partial charge in [0.15, 0.2) is 0 Å². The highest BCUT2D eigenvalue weighted by atomic mass is 16.5. The molecule has 2 fully saturated rings. The molecule has 0 radical (unpaired) electrons. The number of hydrogen-bond acceptors (Lipinski definition) is 4. The molecule has 0 saturated carbocycles. The van der Waals surface area contributed by atoms with Gasteiger partial charge in [0.05, 0.1) is 6.42 Å². The van der Waals surface area contributed by atoms with Crippen LogP contribution in [0.1, 0.15) is 24.8 Å². The van der Waals surface area contributed by atoms with Gasteiger partial charge in [-0.15, -0.1) is 0 Å². The van der Waals surface area contributed by atoms with E-state index in [4.69, 9.17) is 4.74 Å². The summed E-state index contributed by atoms with van der Waals surface area (Å²) in [6.07, 6.45) is 6.92. The van der Waals surface area contributed by atoms with Crippen LogP contribution in [0.25, 0.3) is 0 Å². The minimum atomic E-state index is 0.0492. The largest absolute Gasteiger partial charge is 0.375 e. The maximum atomic E-state index is 12.6. The molecule has 2 aliphatic heterocycles. The summed E-state index contributed by atoms with van der Waals surface area (Å²) < 4.78 is 4.96. The van der Waals surface area contributed by atoms with Gasteiger partial charge in [0.2, 0.25) is 11.8 Å². The Morgan fingerprint density at radius 1 is 1.21 bits per heavy atom. The zero-order valence-electron chi connectivity index (χ0n) is 14.2. The van der Waals surface area contributed by atoms with Crippen molar-refractivity contribution in [3.8, 4) is 0 Å². The lowest BCUT2D eigenvalue weighted by atomic mass is 9.79. The predicted octanol–water partition coefficient (Wildman–Crippen LogP) is 1.11. The van der Waals surface area contributed by atoms with E-state index in [2.05, 4.69) is 4.98 Å². The minimum absolute atomic E-state index is 0.0492. The second kappa shape index (κ2) is 7.30. The monoisotopic (exact) mass is 331 g/mol. The van der Waals surface area contributed by atoms with Crippen molar-refractivity contribution in [2.45, 2.75) is 25.7 Å². The Kier molecular flexibility index (Phi) is 5.14. The van der Waals surface area contributed by atoms with Gasteiger partial charge in [-0.2, -0.15) is 0 Å². The topological polar surface area (TPSA) is 62.7 Å². The summed E-state index contributed by atoms with van der Waals surface area (Å²) in [7, 11) is 1.54. The number of pyridine rings is 1.